The van der Waals surface area contributed by atoms with Crippen LogP contribution in [0, 0.1) is 0 Å². The Balaban J connectivity index is 0.0000102. The third-order valence-electron chi connectivity index (χ3n) is 5.60. The Labute approximate surface area is 222 Å². The van der Waals surface area contributed by atoms with E-state index in [-0.39, 0.29) is 48.5 Å². The second kappa shape index (κ2) is 19.0. The summed E-state index contributed by atoms with van der Waals surface area (Å²) in [6, 6.07) is 0. The van der Waals surface area contributed by atoms with E-state index in [1.54, 1.807) is 9.48 Å². The molecule has 0 aromatic rings. The van der Waals surface area contributed by atoms with Crippen LogP contribution in [-0.4, -0.2) is 88.9 Å². The number of allylic oxidation sites excluding steroid dienone is 2. The molecule has 0 bridgehead atoms. The summed E-state index contributed by atoms with van der Waals surface area (Å²) in [5, 5.41) is 19.2. The van der Waals surface area contributed by atoms with Gasteiger partial charge in [0.25, 0.3) is 0 Å². The van der Waals surface area contributed by atoms with Gasteiger partial charge in [-0.1, -0.05) is 51.2 Å². The van der Waals surface area contributed by atoms with Crippen molar-refractivity contribution in [2.45, 2.75) is 83.7 Å². The van der Waals surface area contributed by atoms with Crippen LogP contribution in [0.25, 0.3) is 0 Å². The van der Waals surface area contributed by atoms with Crippen LogP contribution in [0.2, 0.25) is 0 Å². The molecule has 0 aromatic carbocycles. The maximum Gasteiger partial charge on any atom is 1.00 e. The molecular weight excluding hydrogens is 455 g/mol. The molecule has 1 aliphatic heterocycles. The average molecular weight is 498 g/mol. The minimum Gasteiger partial charge on any atom is -0.748 e. The molecule has 8 nitrogen and oxygen atoms in total. The van der Waals surface area contributed by atoms with Gasteiger partial charge in [0, 0.05) is 6.42 Å². The number of aliphatic hydroxyl groups excluding tert-OH is 2. The van der Waals surface area contributed by atoms with E-state index >= 15 is 0 Å². The van der Waals surface area contributed by atoms with Crippen molar-refractivity contribution in [3.05, 3.63) is 12.2 Å². The number of ketones is 1. The summed E-state index contributed by atoms with van der Waals surface area (Å²) in [6.07, 6.45) is 14.9. The number of rotatable bonds is 19. The number of β-amino-alcohol motifs (C(OH)–C–C–N with tert-alkyl or cyclic N) is 2. The number of carbonyl (C=O) groups is 1. The van der Waals surface area contributed by atoms with Crippen LogP contribution in [0.15, 0.2) is 12.2 Å². The second-order valence-corrected chi connectivity index (χ2v) is 10.0. The first kappa shape index (κ1) is 32.7. The van der Waals surface area contributed by atoms with Crippen molar-refractivity contribution < 1.29 is 62.1 Å². The molecule has 1 aliphatic rings. The first-order chi connectivity index (χ1) is 15.3. The van der Waals surface area contributed by atoms with Crippen LogP contribution in [0.3, 0.4) is 0 Å². The fraction of sp³-hybridized carbons (Fsp3) is 0.826. The first-order valence-corrected chi connectivity index (χ1v) is 13.6. The van der Waals surface area contributed by atoms with Crippen molar-refractivity contribution in [1.29, 1.82) is 0 Å². The SMILES string of the molecule is CCCCCCCC/C=C/CCCCC(=O)C1=[N+](CC(O)CS(=O)(=O)[O-])CCN1CCO.[Na+]. The quantitative estimate of drug-likeness (QED) is 0.0776. The predicted molar refractivity (Wildman–Crippen MR) is 125 cm³/mol. The summed E-state index contributed by atoms with van der Waals surface area (Å²) < 4.78 is 34.3. The smallest absolute Gasteiger partial charge is 0.748 e. The molecule has 33 heavy (non-hydrogen) atoms. The second-order valence-electron chi connectivity index (χ2n) is 8.56. The number of Topliss-reactive ketones (excluding diaryl/α,β-unsaturated/α-hetero) is 1. The largest absolute Gasteiger partial charge is 1.00 e. The molecule has 10 heteroatoms. The van der Waals surface area contributed by atoms with Crippen molar-refractivity contribution in [3.8, 4) is 0 Å². The summed E-state index contributed by atoms with van der Waals surface area (Å²) in [6.45, 7) is 3.28. The van der Waals surface area contributed by atoms with Gasteiger partial charge in [-0.05, 0) is 32.1 Å². The molecule has 1 rings (SSSR count). The molecule has 1 unspecified atom stereocenters. The summed E-state index contributed by atoms with van der Waals surface area (Å²) in [5.74, 6) is -0.556. The molecule has 0 radical (unpaired) electrons. The Morgan fingerprint density at radius 2 is 1.73 bits per heavy atom. The zero-order chi connectivity index (χ0) is 23.8. The van der Waals surface area contributed by atoms with Crippen LogP contribution < -0.4 is 29.6 Å². The van der Waals surface area contributed by atoms with Gasteiger partial charge in [0.1, 0.15) is 32.3 Å². The molecule has 2 N–H and O–H groups in total. The molecule has 0 saturated heterocycles. The van der Waals surface area contributed by atoms with E-state index in [4.69, 9.17) is 0 Å². The Kier molecular flexibility index (Phi) is 18.8. The van der Waals surface area contributed by atoms with Gasteiger partial charge in [-0.25, -0.2) is 8.42 Å². The van der Waals surface area contributed by atoms with Crippen LogP contribution in [0.5, 0.6) is 0 Å². The molecule has 1 heterocycles. The summed E-state index contributed by atoms with van der Waals surface area (Å²) in [5.41, 5.74) is 0. The van der Waals surface area contributed by atoms with Gasteiger partial charge in [-0.15, -0.1) is 0 Å². The number of unbranched alkanes of at least 4 members (excludes halogenated alkanes) is 8. The maximum absolute atomic E-state index is 12.8. The van der Waals surface area contributed by atoms with E-state index in [9.17, 15) is 28.0 Å². The minimum atomic E-state index is -4.54. The van der Waals surface area contributed by atoms with Gasteiger partial charge >= 0.3 is 35.4 Å². The molecule has 0 aromatic heterocycles. The minimum absolute atomic E-state index is 0. The number of hydrogen-bond acceptors (Lipinski definition) is 7. The molecular formula is C23H42N2NaO6S+. The van der Waals surface area contributed by atoms with Crippen LogP contribution in [-0.2, 0) is 14.9 Å². The van der Waals surface area contributed by atoms with E-state index in [1.807, 2.05) is 0 Å². The Morgan fingerprint density at radius 3 is 2.33 bits per heavy atom. The number of carbonyl (C=O) groups excluding carboxylic acids is 1. The van der Waals surface area contributed by atoms with Crippen LogP contribution in [0.4, 0.5) is 0 Å². The molecule has 186 valence electrons. The van der Waals surface area contributed by atoms with Gasteiger partial charge in [0.2, 0.25) is 5.78 Å². The molecule has 1 atom stereocenters. The summed E-state index contributed by atoms with van der Waals surface area (Å²) >= 11 is 0. The van der Waals surface area contributed by atoms with Crippen molar-refractivity contribution in [1.82, 2.24) is 4.90 Å². The number of hydrogen-bond donors (Lipinski definition) is 2. The standard InChI is InChI=1S/C23H42N2O6S.Na/c1-2-3-4-5-6-7-8-9-10-11-12-13-14-22(28)23-24(17-18-26)15-16-25(23)19-21(27)20-32(29,30)31;/h9-10,21,26-27H,2-8,11-20H2,1H3;/q;+1/b10-9+;. The van der Waals surface area contributed by atoms with E-state index in [1.165, 1.54) is 38.5 Å². The third-order valence-corrected chi connectivity index (χ3v) is 6.39. The molecule has 0 spiro atoms. The Hall–Kier alpha value is -0.290. The third kappa shape index (κ3) is 15.3. The Morgan fingerprint density at radius 1 is 1.12 bits per heavy atom. The monoisotopic (exact) mass is 497 g/mol. The van der Waals surface area contributed by atoms with E-state index in [0.717, 1.165) is 25.7 Å². The van der Waals surface area contributed by atoms with Gasteiger partial charge in [0.15, 0.2) is 0 Å². The topological polar surface area (TPSA) is 121 Å². The van der Waals surface area contributed by atoms with E-state index in [0.29, 0.717) is 31.9 Å². The molecule has 0 fully saturated rings. The van der Waals surface area contributed by atoms with Crippen molar-refractivity contribution in [2.24, 2.45) is 0 Å². The van der Waals surface area contributed by atoms with Gasteiger partial charge in [-0.2, -0.15) is 0 Å². The maximum atomic E-state index is 12.8. The summed E-state index contributed by atoms with van der Waals surface area (Å²) in [4.78, 5) is 14.6. The normalized spacial score (nSPS) is 15.3. The van der Waals surface area contributed by atoms with Crippen molar-refractivity contribution in [3.63, 3.8) is 0 Å². The van der Waals surface area contributed by atoms with Crippen molar-refractivity contribution in [2.75, 3.05) is 38.5 Å². The predicted octanol–water partition coefficient (Wildman–Crippen LogP) is -0.948. The fourth-order valence-corrected chi connectivity index (χ4v) is 4.58. The first-order valence-electron chi connectivity index (χ1n) is 12.1. The van der Waals surface area contributed by atoms with Gasteiger partial charge in [-0.3, -0.25) is 14.3 Å². The van der Waals surface area contributed by atoms with Crippen molar-refractivity contribution >= 4 is 21.7 Å². The zero-order valence-electron chi connectivity index (χ0n) is 20.6. The van der Waals surface area contributed by atoms with Crippen LogP contribution >= 0.6 is 0 Å². The van der Waals surface area contributed by atoms with E-state index < -0.39 is 22.0 Å². The average Bonchev–Trinajstić information content (AvgIpc) is 3.09. The van der Waals surface area contributed by atoms with Gasteiger partial charge < -0.3 is 14.8 Å². The fourth-order valence-electron chi connectivity index (χ4n) is 4.00. The van der Waals surface area contributed by atoms with Crippen LogP contribution in [0.1, 0.15) is 77.6 Å². The molecule has 0 saturated carbocycles. The Bertz CT molecular complexity index is 712. The molecule has 0 aliphatic carbocycles. The number of aliphatic hydroxyl groups is 2. The summed E-state index contributed by atoms with van der Waals surface area (Å²) in [7, 11) is -4.54. The number of amidine groups is 1. The van der Waals surface area contributed by atoms with Gasteiger partial charge in [0.05, 0.1) is 22.5 Å². The number of nitrogens with zero attached hydrogens (tertiary/aromatic N) is 2. The molecule has 0 amide bonds. The zero-order valence-corrected chi connectivity index (χ0v) is 23.4. The van der Waals surface area contributed by atoms with E-state index in [2.05, 4.69) is 19.1 Å².